The van der Waals surface area contributed by atoms with Gasteiger partial charge in [0.05, 0.1) is 0 Å². The third-order valence-electron chi connectivity index (χ3n) is 4.20. The zero-order valence-electron chi connectivity index (χ0n) is 11.5. The van der Waals surface area contributed by atoms with Crippen molar-refractivity contribution in [2.45, 2.75) is 27.2 Å². The summed E-state index contributed by atoms with van der Waals surface area (Å²) in [6, 6.07) is 0. The summed E-state index contributed by atoms with van der Waals surface area (Å²) in [4.78, 5) is 14.3. The number of ketones is 1. The number of nitrogens with zero attached hydrogens (tertiary/aromatic N) is 1. The molecule has 0 aromatic heterocycles. The molecule has 2 aliphatic rings. The van der Waals surface area contributed by atoms with Gasteiger partial charge in [-0.2, -0.15) is 0 Å². The minimum Gasteiger partial charge on any atom is -0.383 e. The number of carbonyl (C=O) groups is 1. The summed E-state index contributed by atoms with van der Waals surface area (Å²) in [6.45, 7) is 6.64. The maximum absolute atomic E-state index is 12.3. The molecule has 0 saturated heterocycles. The van der Waals surface area contributed by atoms with Crippen LogP contribution >= 0.6 is 0 Å². The first-order valence-electron chi connectivity index (χ1n) is 6.52. The zero-order chi connectivity index (χ0) is 12.7. The van der Waals surface area contributed by atoms with Crippen molar-refractivity contribution in [3.63, 3.8) is 0 Å². The Balaban J connectivity index is 2.30. The number of rotatable bonds is 2. The Morgan fingerprint density at radius 1 is 1.41 bits per heavy atom. The molecule has 2 rings (SSSR count). The molecule has 1 saturated carbocycles. The number of hydrogen-bond acceptors (Lipinski definition) is 2. The molecule has 94 valence electrons. The predicted molar refractivity (Wildman–Crippen MR) is 70.5 cm³/mol. The Morgan fingerprint density at radius 3 is 2.59 bits per heavy atom. The molecule has 2 aliphatic carbocycles. The first kappa shape index (κ1) is 12.4. The van der Waals surface area contributed by atoms with Crippen LogP contribution in [0, 0.1) is 23.7 Å². The van der Waals surface area contributed by atoms with Gasteiger partial charge in [-0.05, 0) is 25.2 Å². The van der Waals surface area contributed by atoms with E-state index >= 15 is 0 Å². The van der Waals surface area contributed by atoms with Crippen LogP contribution in [0.15, 0.2) is 23.4 Å². The topological polar surface area (TPSA) is 20.3 Å². The third-order valence-corrected chi connectivity index (χ3v) is 4.20. The fourth-order valence-electron chi connectivity index (χ4n) is 3.27. The second-order valence-corrected chi connectivity index (χ2v) is 6.01. The van der Waals surface area contributed by atoms with Gasteiger partial charge in [0, 0.05) is 37.7 Å². The molecule has 1 fully saturated rings. The van der Waals surface area contributed by atoms with E-state index in [1.54, 1.807) is 0 Å². The molecule has 0 aromatic rings. The monoisotopic (exact) mass is 233 g/mol. The normalized spacial score (nSPS) is 34.5. The molecule has 0 radical (unpaired) electrons. The maximum Gasteiger partial charge on any atom is 0.165 e. The Morgan fingerprint density at radius 2 is 2.06 bits per heavy atom. The van der Waals surface area contributed by atoms with Crippen LogP contribution in [0.3, 0.4) is 0 Å². The minimum absolute atomic E-state index is 0.256. The molecule has 0 aromatic carbocycles. The van der Waals surface area contributed by atoms with Crippen molar-refractivity contribution in [3.8, 4) is 0 Å². The van der Waals surface area contributed by atoms with Gasteiger partial charge < -0.3 is 4.90 Å². The summed E-state index contributed by atoms with van der Waals surface area (Å²) in [5.41, 5.74) is 2.40. The predicted octanol–water partition coefficient (Wildman–Crippen LogP) is 2.87. The Bertz CT molecular complexity index is 390. The molecule has 17 heavy (non-hydrogen) atoms. The lowest BCUT2D eigenvalue weighted by atomic mass is 9.55. The van der Waals surface area contributed by atoms with E-state index in [9.17, 15) is 4.79 Å². The fourth-order valence-corrected chi connectivity index (χ4v) is 3.27. The van der Waals surface area contributed by atoms with E-state index in [1.807, 2.05) is 25.2 Å². The van der Waals surface area contributed by atoms with Gasteiger partial charge >= 0.3 is 0 Å². The number of hydrogen-bond donors (Lipinski definition) is 0. The van der Waals surface area contributed by atoms with E-state index < -0.39 is 0 Å². The van der Waals surface area contributed by atoms with Crippen molar-refractivity contribution in [2.75, 3.05) is 14.1 Å². The Kier molecular flexibility index (Phi) is 3.15. The molecule has 2 nitrogen and oxygen atoms in total. The number of carbonyl (C=O) groups excluding carboxylic acids is 1. The zero-order valence-corrected chi connectivity index (χ0v) is 11.5. The summed E-state index contributed by atoms with van der Waals surface area (Å²) >= 11 is 0. The van der Waals surface area contributed by atoms with Crippen molar-refractivity contribution in [3.05, 3.63) is 23.4 Å². The second-order valence-electron chi connectivity index (χ2n) is 6.01. The van der Waals surface area contributed by atoms with Gasteiger partial charge in [0.25, 0.3) is 0 Å². The lowest BCUT2D eigenvalue weighted by Gasteiger charge is -2.47. The van der Waals surface area contributed by atoms with E-state index in [0.29, 0.717) is 23.5 Å². The van der Waals surface area contributed by atoms with Crippen molar-refractivity contribution in [1.29, 1.82) is 0 Å². The largest absolute Gasteiger partial charge is 0.383 e. The van der Waals surface area contributed by atoms with E-state index in [-0.39, 0.29) is 5.92 Å². The summed E-state index contributed by atoms with van der Waals surface area (Å²) < 4.78 is 0. The maximum atomic E-state index is 12.3. The van der Waals surface area contributed by atoms with Gasteiger partial charge in [-0.3, -0.25) is 4.79 Å². The third kappa shape index (κ3) is 1.94. The molecule has 0 spiro atoms. The first-order chi connectivity index (χ1) is 7.93. The van der Waals surface area contributed by atoms with Crippen LogP contribution in [0.25, 0.3) is 0 Å². The molecule has 3 atom stereocenters. The molecule has 0 N–H and O–H groups in total. The van der Waals surface area contributed by atoms with Gasteiger partial charge in [0.1, 0.15) is 0 Å². The molecule has 2 unspecified atom stereocenters. The molecule has 0 bridgehead atoms. The highest BCUT2D eigenvalue weighted by molar-refractivity contribution is 6.06. The molecular weight excluding hydrogens is 210 g/mol. The van der Waals surface area contributed by atoms with Gasteiger partial charge in [-0.25, -0.2) is 0 Å². The summed E-state index contributed by atoms with van der Waals surface area (Å²) in [5.74, 6) is 2.17. The Hall–Kier alpha value is -1.05. The highest BCUT2D eigenvalue weighted by Gasteiger charge is 2.51. The van der Waals surface area contributed by atoms with Crippen LogP contribution < -0.4 is 0 Å². The SMILES string of the molecule is CC1=CC[C@H](C(C)C)C2C(=O)/C(=C\N(C)C)C12. The summed E-state index contributed by atoms with van der Waals surface area (Å²) in [6.07, 6.45) is 5.41. The average molecular weight is 233 g/mol. The lowest BCUT2D eigenvalue weighted by Crippen LogP contribution is -2.49. The molecule has 0 heterocycles. The van der Waals surface area contributed by atoms with Crippen LogP contribution in [0.1, 0.15) is 27.2 Å². The van der Waals surface area contributed by atoms with Crippen LogP contribution in [-0.4, -0.2) is 24.8 Å². The highest BCUT2D eigenvalue weighted by atomic mass is 16.1. The highest BCUT2D eigenvalue weighted by Crippen LogP contribution is 2.51. The van der Waals surface area contributed by atoms with Crippen molar-refractivity contribution >= 4 is 5.78 Å². The van der Waals surface area contributed by atoms with Gasteiger partial charge in [0.15, 0.2) is 5.78 Å². The quantitative estimate of drug-likeness (QED) is 0.540. The fraction of sp³-hybridized carbons (Fsp3) is 0.667. The molecule has 0 amide bonds. The summed E-state index contributed by atoms with van der Waals surface area (Å²) in [5, 5.41) is 0. The average Bonchev–Trinajstić information content (AvgIpc) is 2.25. The number of allylic oxidation sites excluding steroid dienone is 3. The summed E-state index contributed by atoms with van der Waals surface area (Å²) in [7, 11) is 3.96. The van der Waals surface area contributed by atoms with Gasteiger partial charge in [-0.1, -0.05) is 25.5 Å². The van der Waals surface area contributed by atoms with Crippen molar-refractivity contribution in [2.24, 2.45) is 23.7 Å². The van der Waals surface area contributed by atoms with E-state index in [1.165, 1.54) is 5.57 Å². The van der Waals surface area contributed by atoms with Gasteiger partial charge in [0.2, 0.25) is 0 Å². The van der Waals surface area contributed by atoms with Crippen molar-refractivity contribution < 1.29 is 4.79 Å². The van der Waals surface area contributed by atoms with Crippen molar-refractivity contribution in [1.82, 2.24) is 4.90 Å². The smallest absolute Gasteiger partial charge is 0.165 e. The number of Topliss-reactive ketones (excluding diaryl/α,β-unsaturated/α-hetero) is 1. The van der Waals surface area contributed by atoms with Crippen LogP contribution in [0.2, 0.25) is 0 Å². The van der Waals surface area contributed by atoms with Crippen LogP contribution in [-0.2, 0) is 4.79 Å². The molecule has 2 heteroatoms. The van der Waals surface area contributed by atoms with Crippen LogP contribution in [0.4, 0.5) is 0 Å². The second kappa shape index (κ2) is 4.32. The molecule has 0 aliphatic heterocycles. The first-order valence-corrected chi connectivity index (χ1v) is 6.52. The Labute approximate surface area is 104 Å². The van der Waals surface area contributed by atoms with E-state index in [0.717, 1.165) is 12.0 Å². The van der Waals surface area contributed by atoms with Crippen LogP contribution in [0.5, 0.6) is 0 Å². The minimum atomic E-state index is 0.256. The van der Waals surface area contributed by atoms with E-state index in [4.69, 9.17) is 0 Å². The van der Waals surface area contributed by atoms with Gasteiger partial charge in [-0.15, -0.1) is 0 Å². The number of fused-ring (bicyclic) bond motifs is 1. The van der Waals surface area contributed by atoms with E-state index in [2.05, 4.69) is 26.8 Å². The standard InChI is InChI=1S/C15H23NO/c1-9(2)11-7-6-10(3)13-12(8-16(4)5)15(17)14(11)13/h6,8-9,11,13-14H,7H2,1-5H3/b12-8-/t11-,13?,14?/m1/s1. The molecular formula is C15H23NO. The lowest BCUT2D eigenvalue weighted by molar-refractivity contribution is -0.129.